The van der Waals surface area contributed by atoms with Gasteiger partial charge in [0.2, 0.25) is 0 Å². The molecule has 1 aromatic heterocycles. The van der Waals surface area contributed by atoms with E-state index in [4.69, 9.17) is 23.7 Å². The van der Waals surface area contributed by atoms with Gasteiger partial charge in [0.05, 0.1) is 85.2 Å². The summed E-state index contributed by atoms with van der Waals surface area (Å²) in [5.74, 6) is 0. The van der Waals surface area contributed by atoms with Crippen LogP contribution in [0.4, 0.5) is 16.4 Å². The molecule has 0 saturated heterocycles. The molecule has 58 heavy (non-hydrogen) atoms. The molecule has 0 aliphatic rings. The van der Waals surface area contributed by atoms with Crippen LogP contribution in [0.1, 0.15) is 44.9 Å². The average Bonchev–Trinajstić information content (AvgIpc) is 3.53. The second-order valence-corrected chi connectivity index (χ2v) is 16.2. The Morgan fingerprint density at radius 2 is 1.24 bits per heavy atom. The summed E-state index contributed by atoms with van der Waals surface area (Å²) in [4.78, 5) is 4.85. The van der Waals surface area contributed by atoms with E-state index in [1.165, 1.54) is 11.3 Å². The number of azo groups is 1. The molecular weight excluding hydrogens is 751 g/mol. The Bertz CT molecular complexity index is 1920. The number of hydrogen-bond acceptors (Lipinski definition) is 12. The van der Waals surface area contributed by atoms with Crippen molar-refractivity contribution in [1.29, 1.82) is 10.5 Å². The first kappa shape index (κ1) is 46.2. The Kier molecular flexibility index (Phi) is 19.4. The summed E-state index contributed by atoms with van der Waals surface area (Å²) in [6.45, 7) is 10.7. The normalized spacial score (nSPS) is 12.8. The quantitative estimate of drug-likeness (QED) is 0.0351. The molecule has 12 nitrogen and oxygen atoms in total. The van der Waals surface area contributed by atoms with Gasteiger partial charge in [0.25, 0.3) is 0 Å². The lowest BCUT2D eigenvalue weighted by atomic mass is 10.1. The van der Waals surface area contributed by atoms with E-state index in [1.54, 1.807) is 6.92 Å². The molecule has 0 radical (unpaired) electrons. The molecule has 4 rings (SSSR count). The number of rotatable bonds is 26. The monoisotopic (exact) mass is 810 g/mol. The van der Waals surface area contributed by atoms with Gasteiger partial charge in [-0.05, 0) is 68.4 Å². The number of nitrogens with zero attached hydrogens (tertiary/aromatic N) is 7. The van der Waals surface area contributed by atoms with Gasteiger partial charge in [0, 0.05) is 25.3 Å². The highest BCUT2D eigenvalue weighted by Gasteiger charge is 2.23. The van der Waals surface area contributed by atoms with E-state index in [1.807, 2.05) is 69.6 Å². The van der Waals surface area contributed by atoms with Crippen LogP contribution in [-0.2, 0) is 23.7 Å². The minimum Gasteiger partial charge on any atom is -0.378 e. The molecule has 3 aromatic carbocycles. The van der Waals surface area contributed by atoms with Gasteiger partial charge in [-0.3, -0.25) is 0 Å². The lowest BCUT2D eigenvalue weighted by Crippen LogP contribution is -2.37. The molecule has 0 amide bonds. The van der Waals surface area contributed by atoms with E-state index in [9.17, 15) is 10.5 Å². The van der Waals surface area contributed by atoms with Crippen LogP contribution in [0, 0.1) is 36.5 Å². The van der Waals surface area contributed by atoms with E-state index >= 15 is 0 Å². The molecule has 0 aliphatic carbocycles. The molecule has 1 heterocycles. The van der Waals surface area contributed by atoms with Crippen LogP contribution in [0.2, 0.25) is 0 Å². The van der Waals surface area contributed by atoms with E-state index in [0.717, 1.165) is 40.0 Å². The van der Waals surface area contributed by atoms with Crippen LogP contribution in [0.5, 0.6) is 0 Å². The highest BCUT2D eigenvalue weighted by Crippen LogP contribution is 2.36. The van der Waals surface area contributed by atoms with Gasteiger partial charge in [0.15, 0.2) is 5.00 Å². The fraction of sp³-hybridized carbons (Fsp3) is 0.467. The van der Waals surface area contributed by atoms with Gasteiger partial charge >= 0.3 is 0 Å². The minimum absolute atomic E-state index is 0.268. The number of ether oxygens (including phenoxy) is 5. The smallest absolute Gasteiger partial charge is 0.158 e. The lowest BCUT2D eigenvalue weighted by Gasteiger charge is -2.33. The standard InChI is InChI=1S/C45H60N7O5S/c1-35-30-39(18-19-41(35)48-49-45-40(31-46)36(2)44(32-47)58-45)51(33-42(37-14-10-8-11-15-37)56-28-26-54-23-21-52(5,6)7)34-43(38-16-12-9-13-17-38)57-29-27-55-25-24-53-22-20-50(3)4/h8-19,30,42-43H,20-29,33-34H2,1-7H3/q+1/b49-48+. The molecule has 310 valence electrons. The third-order valence-electron chi connectivity index (χ3n) is 9.31. The highest BCUT2D eigenvalue weighted by atomic mass is 32.1. The first-order chi connectivity index (χ1) is 28.0. The number of quaternary nitrogens is 1. The van der Waals surface area contributed by atoms with Gasteiger partial charge < -0.3 is 38.0 Å². The molecule has 0 N–H and O–H groups in total. The van der Waals surface area contributed by atoms with Gasteiger partial charge in [-0.25, -0.2) is 0 Å². The van der Waals surface area contributed by atoms with Crippen molar-refractivity contribution < 1.29 is 28.2 Å². The van der Waals surface area contributed by atoms with Crippen molar-refractivity contribution in [3.8, 4) is 12.1 Å². The van der Waals surface area contributed by atoms with Crippen LogP contribution in [0.3, 0.4) is 0 Å². The van der Waals surface area contributed by atoms with Crippen LogP contribution in [0.25, 0.3) is 0 Å². The zero-order valence-corrected chi connectivity index (χ0v) is 36.0. The van der Waals surface area contributed by atoms with Gasteiger partial charge in [-0.2, -0.15) is 10.5 Å². The third-order valence-corrected chi connectivity index (χ3v) is 10.4. The molecule has 0 spiro atoms. The van der Waals surface area contributed by atoms with Crippen molar-refractivity contribution in [3.05, 3.63) is 112 Å². The molecule has 13 heteroatoms. The van der Waals surface area contributed by atoms with Crippen LogP contribution >= 0.6 is 11.3 Å². The highest BCUT2D eigenvalue weighted by molar-refractivity contribution is 7.16. The Morgan fingerprint density at radius 3 is 1.76 bits per heavy atom. The molecular formula is C45H60N7O5S+. The van der Waals surface area contributed by atoms with Gasteiger partial charge in [-0.15, -0.1) is 21.6 Å². The SMILES string of the molecule is Cc1cc(N(CC(OCCOCCOCCN(C)C)c2ccccc2)CC(OCCOCC[N+](C)(C)C)c2ccccc2)ccc1/N=N/c1sc(C#N)c(C)c1C#N. The van der Waals surface area contributed by atoms with Crippen molar-refractivity contribution in [3.63, 3.8) is 0 Å². The molecule has 0 aliphatic heterocycles. The maximum Gasteiger partial charge on any atom is 0.158 e. The lowest BCUT2D eigenvalue weighted by molar-refractivity contribution is -0.870. The maximum absolute atomic E-state index is 9.72. The zero-order valence-electron chi connectivity index (χ0n) is 35.2. The predicted octanol–water partition coefficient (Wildman–Crippen LogP) is 8.16. The largest absolute Gasteiger partial charge is 0.378 e. The Morgan fingerprint density at radius 1 is 0.690 bits per heavy atom. The predicted molar refractivity (Wildman–Crippen MR) is 230 cm³/mol. The van der Waals surface area contributed by atoms with Crippen LogP contribution in [0.15, 0.2) is 89.1 Å². The first-order valence-electron chi connectivity index (χ1n) is 19.7. The fourth-order valence-electron chi connectivity index (χ4n) is 5.89. The minimum atomic E-state index is -0.281. The summed E-state index contributed by atoms with van der Waals surface area (Å²) in [6.07, 6.45) is -0.548. The van der Waals surface area contributed by atoms with Gasteiger partial charge in [-0.1, -0.05) is 60.7 Å². The topological polar surface area (TPSA) is 125 Å². The molecule has 0 saturated carbocycles. The molecule has 2 unspecified atom stereocenters. The Labute approximate surface area is 349 Å². The van der Waals surface area contributed by atoms with E-state index in [0.29, 0.717) is 92.6 Å². The maximum atomic E-state index is 9.72. The van der Waals surface area contributed by atoms with Crippen LogP contribution < -0.4 is 4.90 Å². The summed E-state index contributed by atoms with van der Waals surface area (Å²) in [6, 6.07) is 30.9. The number of benzene rings is 3. The number of hydrogen-bond donors (Lipinski definition) is 0. The van der Waals surface area contributed by atoms with E-state index < -0.39 is 0 Å². The Hall–Kier alpha value is -4.54. The first-order valence-corrected chi connectivity index (χ1v) is 20.5. The van der Waals surface area contributed by atoms with E-state index in [2.05, 4.69) is 83.6 Å². The summed E-state index contributed by atoms with van der Waals surface area (Å²) in [5.41, 5.74) is 5.66. The molecule has 4 aromatic rings. The fourth-order valence-corrected chi connectivity index (χ4v) is 6.77. The molecule has 2 atom stereocenters. The number of nitriles is 2. The average molecular weight is 811 g/mol. The van der Waals surface area contributed by atoms with Crippen molar-refractivity contribution >= 4 is 27.7 Å². The number of anilines is 1. The van der Waals surface area contributed by atoms with Crippen LogP contribution in [-0.4, -0.2) is 124 Å². The number of aryl methyl sites for hydroxylation is 1. The zero-order chi connectivity index (χ0) is 41.8. The number of thiophene rings is 1. The van der Waals surface area contributed by atoms with Crippen molar-refractivity contribution in [2.45, 2.75) is 26.1 Å². The van der Waals surface area contributed by atoms with Crippen molar-refractivity contribution in [2.24, 2.45) is 10.2 Å². The van der Waals surface area contributed by atoms with Gasteiger partial charge in [0.1, 0.15) is 35.8 Å². The summed E-state index contributed by atoms with van der Waals surface area (Å²) < 4.78 is 31.6. The third kappa shape index (κ3) is 15.7. The van der Waals surface area contributed by atoms with Crippen molar-refractivity contribution in [2.75, 3.05) is 119 Å². The second kappa shape index (κ2) is 24.4. The van der Waals surface area contributed by atoms with E-state index in [-0.39, 0.29) is 12.2 Å². The summed E-state index contributed by atoms with van der Waals surface area (Å²) in [7, 11) is 10.5. The number of likely N-dealkylation sites (N-methyl/N-ethyl adjacent to an activating group) is 2. The Balaban J connectivity index is 1.58. The molecule has 0 fully saturated rings. The summed E-state index contributed by atoms with van der Waals surface area (Å²) in [5, 5.41) is 28.6. The molecule has 0 bridgehead atoms. The summed E-state index contributed by atoms with van der Waals surface area (Å²) >= 11 is 1.17. The second-order valence-electron chi connectivity index (χ2n) is 15.2. The van der Waals surface area contributed by atoms with Crippen molar-refractivity contribution in [1.82, 2.24) is 4.90 Å².